The van der Waals surface area contributed by atoms with Crippen LogP contribution in [-0.2, 0) is 5.41 Å². The van der Waals surface area contributed by atoms with Gasteiger partial charge in [-0.2, -0.15) is 0 Å². The van der Waals surface area contributed by atoms with Crippen LogP contribution in [0.25, 0.3) is 0 Å². The zero-order chi connectivity index (χ0) is 11.8. The van der Waals surface area contributed by atoms with Gasteiger partial charge in [-0.05, 0) is 46.8 Å². The van der Waals surface area contributed by atoms with E-state index in [2.05, 4.69) is 22.0 Å². The van der Waals surface area contributed by atoms with Gasteiger partial charge in [0.05, 0.1) is 4.47 Å². The van der Waals surface area contributed by atoms with Crippen LogP contribution in [-0.4, -0.2) is 11.7 Å². The van der Waals surface area contributed by atoms with Crippen molar-refractivity contribution in [1.82, 2.24) is 0 Å². The molecule has 0 amide bonds. The highest BCUT2D eigenvalue weighted by atomic mass is 79.9. The Morgan fingerprint density at radius 2 is 2.00 bits per heavy atom. The van der Waals surface area contributed by atoms with Gasteiger partial charge in [-0.15, -0.1) is 0 Å². The number of phenolic OH excluding ortho intramolecular Hbond substituents is 1. The number of hydrogen-bond donors (Lipinski definition) is 2. The van der Waals surface area contributed by atoms with Crippen molar-refractivity contribution in [3.63, 3.8) is 0 Å². The van der Waals surface area contributed by atoms with Gasteiger partial charge < -0.3 is 10.8 Å². The standard InChI is InChI=1S/C13H18BrNO/c1-9-4-5-10(11(14)12(9)16)13(8-15)6-2-3-7-13/h4-5,16H,2-3,6-8,15H2,1H3. The topological polar surface area (TPSA) is 46.2 Å². The minimum Gasteiger partial charge on any atom is -0.506 e. The molecule has 1 aliphatic rings. The van der Waals surface area contributed by atoms with Crippen molar-refractivity contribution in [2.24, 2.45) is 5.73 Å². The maximum atomic E-state index is 9.97. The summed E-state index contributed by atoms with van der Waals surface area (Å²) in [4.78, 5) is 0. The monoisotopic (exact) mass is 283 g/mol. The number of rotatable bonds is 2. The molecule has 3 N–H and O–H groups in total. The van der Waals surface area contributed by atoms with Crippen LogP contribution < -0.4 is 5.73 Å². The molecule has 1 aliphatic carbocycles. The van der Waals surface area contributed by atoms with Crippen LogP contribution in [0.5, 0.6) is 5.75 Å². The number of nitrogens with two attached hydrogens (primary N) is 1. The molecule has 0 spiro atoms. The van der Waals surface area contributed by atoms with Crippen molar-refractivity contribution in [3.05, 3.63) is 27.7 Å². The van der Waals surface area contributed by atoms with Crippen molar-refractivity contribution in [1.29, 1.82) is 0 Å². The lowest BCUT2D eigenvalue weighted by atomic mass is 9.78. The van der Waals surface area contributed by atoms with Crippen LogP contribution in [0.15, 0.2) is 16.6 Å². The molecule has 1 saturated carbocycles. The molecule has 0 aromatic heterocycles. The highest BCUT2D eigenvalue weighted by Crippen LogP contribution is 2.45. The molecule has 0 bridgehead atoms. The fourth-order valence-electron chi connectivity index (χ4n) is 2.71. The normalized spacial score (nSPS) is 18.9. The van der Waals surface area contributed by atoms with Crippen LogP contribution >= 0.6 is 15.9 Å². The van der Waals surface area contributed by atoms with Crippen molar-refractivity contribution in [2.45, 2.75) is 38.0 Å². The van der Waals surface area contributed by atoms with E-state index < -0.39 is 0 Å². The van der Waals surface area contributed by atoms with Crippen molar-refractivity contribution >= 4 is 15.9 Å². The SMILES string of the molecule is Cc1ccc(C2(CN)CCCC2)c(Br)c1O. The molecule has 0 unspecified atom stereocenters. The Morgan fingerprint density at radius 1 is 1.38 bits per heavy atom. The maximum Gasteiger partial charge on any atom is 0.132 e. The first-order chi connectivity index (χ1) is 7.60. The molecule has 0 heterocycles. The zero-order valence-electron chi connectivity index (χ0n) is 9.59. The lowest BCUT2D eigenvalue weighted by Gasteiger charge is -2.29. The molecule has 2 nitrogen and oxygen atoms in total. The summed E-state index contributed by atoms with van der Waals surface area (Å²) >= 11 is 3.51. The van der Waals surface area contributed by atoms with E-state index in [4.69, 9.17) is 5.73 Å². The Hall–Kier alpha value is -0.540. The molecule has 0 saturated heterocycles. The third-order valence-corrected chi connectivity index (χ3v) is 4.64. The highest BCUT2D eigenvalue weighted by Gasteiger charge is 2.36. The van der Waals surface area contributed by atoms with E-state index in [1.165, 1.54) is 18.4 Å². The zero-order valence-corrected chi connectivity index (χ0v) is 11.2. The van der Waals surface area contributed by atoms with Gasteiger partial charge in [0, 0.05) is 12.0 Å². The van der Waals surface area contributed by atoms with Crippen molar-refractivity contribution < 1.29 is 5.11 Å². The molecule has 0 radical (unpaired) electrons. The summed E-state index contributed by atoms with van der Waals surface area (Å²) in [6, 6.07) is 4.09. The lowest BCUT2D eigenvalue weighted by molar-refractivity contribution is 0.435. The van der Waals surface area contributed by atoms with Gasteiger partial charge in [0.15, 0.2) is 0 Å². The second-order valence-electron chi connectivity index (χ2n) is 4.78. The molecule has 1 fully saturated rings. The smallest absolute Gasteiger partial charge is 0.132 e. The summed E-state index contributed by atoms with van der Waals surface area (Å²) in [6.45, 7) is 2.57. The molecule has 16 heavy (non-hydrogen) atoms. The summed E-state index contributed by atoms with van der Waals surface area (Å²) in [5.74, 6) is 0.359. The van der Waals surface area contributed by atoms with Crippen molar-refractivity contribution in [2.75, 3.05) is 6.54 Å². The number of aromatic hydroxyl groups is 1. The number of phenols is 1. The fourth-order valence-corrected chi connectivity index (χ4v) is 3.57. The van der Waals surface area contributed by atoms with Gasteiger partial charge in [-0.25, -0.2) is 0 Å². The Kier molecular flexibility index (Phi) is 3.27. The van der Waals surface area contributed by atoms with E-state index in [0.29, 0.717) is 12.3 Å². The number of aryl methyl sites for hydroxylation is 1. The highest BCUT2D eigenvalue weighted by molar-refractivity contribution is 9.10. The second-order valence-corrected chi connectivity index (χ2v) is 5.58. The van der Waals surface area contributed by atoms with Gasteiger partial charge in [0.1, 0.15) is 5.75 Å². The largest absolute Gasteiger partial charge is 0.506 e. The predicted molar refractivity (Wildman–Crippen MR) is 69.7 cm³/mol. The second kappa shape index (κ2) is 4.38. The summed E-state index contributed by atoms with van der Waals surface area (Å²) in [5.41, 5.74) is 8.11. The summed E-state index contributed by atoms with van der Waals surface area (Å²) in [5, 5.41) is 9.97. The molecule has 0 aliphatic heterocycles. The average molecular weight is 284 g/mol. The Morgan fingerprint density at radius 3 is 2.56 bits per heavy atom. The molecule has 1 aromatic carbocycles. The van der Waals surface area contributed by atoms with Crippen LogP contribution in [0.3, 0.4) is 0 Å². The first kappa shape index (κ1) is 11.9. The Labute approximate surface area is 105 Å². The number of benzene rings is 1. The third kappa shape index (κ3) is 1.76. The molecule has 0 atom stereocenters. The van der Waals surface area contributed by atoms with E-state index in [-0.39, 0.29) is 5.41 Å². The van der Waals surface area contributed by atoms with Gasteiger partial charge in [-0.1, -0.05) is 25.0 Å². The van der Waals surface area contributed by atoms with E-state index in [1.54, 1.807) is 0 Å². The van der Waals surface area contributed by atoms with Gasteiger partial charge in [0.25, 0.3) is 0 Å². The van der Waals surface area contributed by atoms with Crippen LogP contribution in [0.4, 0.5) is 0 Å². The average Bonchev–Trinajstić information content (AvgIpc) is 2.76. The quantitative estimate of drug-likeness (QED) is 0.875. The number of halogens is 1. The van der Waals surface area contributed by atoms with Gasteiger partial charge >= 0.3 is 0 Å². The number of hydrogen-bond acceptors (Lipinski definition) is 2. The molecule has 3 heteroatoms. The predicted octanol–water partition coefficient (Wildman–Crippen LogP) is 3.23. The van der Waals surface area contributed by atoms with Gasteiger partial charge in [0.2, 0.25) is 0 Å². The Bertz CT molecular complexity index is 397. The summed E-state index contributed by atoms with van der Waals surface area (Å²) < 4.78 is 0.833. The lowest BCUT2D eigenvalue weighted by Crippen LogP contribution is -2.32. The first-order valence-corrected chi connectivity index (χ1v) is 6.59. The van der Waals surface area contributed by atoms with E-state index in [9.17, 15) is 5.11 Å². The van der Waals surface area contributed by atoms with E-state index in [1.807, 2.05) is 13.0 Å². The summed E-state index contributed by atoms with van der Waals surface area (Å²) in [6.07, 6.45) is 4.73. The fraction of sp³-hybridized carbons (Fsp3) is 0.538. The maximum absolute atomic E-state index is 9.97. The van der Waals surface area contributed by atoms with Crippen LogP contribution in [0.1, 0.15) is 36.8 Å². The Balaban J connectivity index is 2.51. The minimum absolute atomic E-state index is 0.0734. The van der Waals surface area contributed by atoms with E-state index >= 15 is 0 Å². The van der Waals surface area contributed by atoms with Gasteiger partial charge in [-0.3, -0.25) is 0 Å². The van der Waals surface area contributed by atoms with Crippen LogP contribution in [0.2, 0.25) is 0 Å². The third-order valence-electron chi connectivity index (χ3n) is 3.84. The minimum atomic E-state index is 0.0734. The van der Waals surface area contributed by atoms with E-state index in [0.717, 1.165) is 22.9 Å². The molecule has 1 aromatic rings. The van der Waals surface area contributed by atoms with Crippen molar-refractivity contribution in [3.8, 4) is 5.75 Å². The first-order valence-electron chi connectivity index (χ1n) is 5.79. The molecule has 2 rings (SSSR count). The molecular weight excluding hydrogens is 266 g/mol. The molecule has 88 valence electrons. The van der Waals surface area contributed by atoms with Crippen LogP contribution in [0, 0.1) is 6.92 Å². The summed E-state index contributed by atoms with van der Waals surface area (Å²) in [7, 11) is 0. The molecular formula is C13H18BrNO.